The molecule has 2 heterocycles. The molecule has 1 N–H and O–H groups in total. The lowest BCUT2D eigenvalue weighted by atomic mass is 9.99. The van der Waals surface area contributed by atoms with E-state index >= 15 is 0 Å². The van der Waals surface area contributed by atoms with Gasteiger partial charge in [-0.15, -0.1) is 0 Å². The van der Waals surface area contributed by atoms with E-state index in [2.05, 4.69) is 41.3 Å². The van der Waals surface area contributed by atoms with Gasteiger partial charge >= 0.3 is 0 Å². The average molecular weight is 255 g/mol. The van der Waals surface area contributed by atoms with Crippen molar-refractivity contribution in [3.63, 3.8) is 0 Å². The third kappa shape index (κ3) is 3.86. The lowest BCUT2D eigenvalue weighted by Crippen LogP contribution is -2.25. The quantitative estimate of drug-likeness (QED) is 0.862. The van der Waals surface area contributed by atoms with Crippen molar-refractivity contribution < 1.29 is 0 Å². The fraction of sp³-hybridized carbons (Fsp3) is 0.375. The summed E-state index contributed by atoms with van der Waals surface area (Å²) < 4.78 is 0. The molecule has 0 amide bonds. The van der Waals surface area contributed by atoms with Gasteiger partial charge in [-0.3, -0.25) is 9.97 Å². The van der Waals surface area contributed by atoms with Gasteiger partial charge in [0.1, 0.15) is 0 Å². The molecule has 0 aliphatic rings. The summed E-state index contributed by atoms with van der Waals surface area (Å²) in [5, 5.41) is 3.60. The van der Waals surface area contributed by atoms with E-state index in [1.54, 1.807) is 0 Å². The minimum atomic E-state index is 0.281. The van der Waals surface area contributed by atoms with Crippen LogP contribution in [0.1, 0.15) is 36.2 Å². The lowest BCUT2D eigenvalue weighted by Gasteiger charge is -2.20. The second-order valence-corrected chi connectivity index (χ2v) is 4.76. The summed E-state index contributed by atoms with van der Waals surface area (Å²) in [6, 6.07) is 8.41. The number of aryl methyl sites for hydroxylation is 1. The van der Waals surface area contributed by atoms with Gasteiger partial charge in [0.25, 0.3) is 0 Å². The number of aromatic nitrogens is 2. The van der Waals surface area contributed by atoms with Gasteiger partial charge in [0, 0.05) is 36.7 Å². The molecule has 2 rings (SSSR count). The SMILES string of the molecule is CCCNC(Cc1ccccn1)c1cnccc1C. The molecule has 2 aromatic rings. The number of hydrogen-bond acceptors (Lipinski definition) is 3. The number of hydrogen-bond donors (Lipinski definition) is 1. The maximum Gasteiger partial charge on any atom is 0.0422 e. The first-order valence-electron chi connectivity index (χ1n) is 6.85. The van der Waals surface area contributed by atoms with Gasteiger partial charge in [0.15, 0.2) is 0 Å². The van der Waals surface area contributed by atoms with Crippen LogP contribution in [0.15, 0.2) is 42.9 Å². The Bertz CT molecular complexity index is 496. The zero-order valence-electron chi connectivity index (χ0n) is 11.6. The second kappa shape index (κ2) is 7.00. The molecule has 0 spiro atoms. The zero-order chi connectivity index (χ0) is 13.5. The summed E-state index contributed by atoms with van der Waals surface area (Å²) >= 11 is 0. The van der Waals surface area contributed by atoms with Crippen LogP contribution in [0.25, 0.3) is 0 Å². The van der Waals surface area contributed by atoms with Crippen LogP contribution < -0.4 is 5.32 Å². The molecule has 3 nitrogen and oxygen atoms in total. The summed E-state index contributed by atoms with van der Waals surface area (Å²) in [7, 11) is 0. The van der Waals surface area contributed by atoms with Crippen molar-refractivity contribution in [1.29, 1.82) is 0 Å². The van der Waals surface area contributed by atoms with Gasteiger partial charge in [-0.1, -0.05) is 13.0 Å². The van der Waals surface area contributed by atoms with Crippen LogP contribution in [-0.2, 0) is 6.42 Å². The zero-order valence-corrected chi connectivity index (χ0v) is 11.6. The van der Waals surface area contributed by atoms with Crippen molar-refractivity contribution in [2.45, 2.75) is 32.7 Å². The van der Waals surface area contributed by atoms with Crippen LogP contribution in [0.5, 0.6) is 0 Å². The molecule has 0 saturated heterocycles. The fourth-order valence-electron chi connectivity index (χ4n) is 2.18. The van der Waals surface area contributed by atoms with Gasteiger partial charge in [0.2, 0.25) is 0 Å². The molecule has 19 heavy (non-hydrogen) atoms. The van der Waals surface area contributed by atoms with E-state index in [1.807, 2.05) is 30.7 Å². The molecule has 1 unspecified atom stereocenters. The maximum atomic E-state index is 4.42. The van der Waals surface area contributed by atoms with Crippen LogP contribution in [0, 0.1) is 6.92 Å². The highest BCUT2D eigenvalue weighted by molar-refractivity contribution is 5.26. The predicted octanol–water partition coefficient (Wildman–Crippen LogP) is 3.07. The third-order valence-corrected chi connectivity index (χ3v) is 3.24. The van der Waals surface area contributed by atoms with Crippen LogP contribution in [0.2, 0.25) is 0 Å². The Labute approximate surface area is 115 Å². The number of pyridine rings is 2. The monoisotopic (exact) mass is 255 g/mol. The van der Waals surface area contributed by atoms with E-state index < -0.39 is 0 Å². The third-order valence-electron chi connectivity index (χ3n) is 3.24. The average Bonchev–Trinajstić information content (AvgIpc) is 2.45. The van der Waals surface area contributed by atoms with E-state index in [0.29, 0.717) is 0 Å². The minimum absolute atomic E-state index is 0.281. The highest BCUT2D eigenvalue weighted by Crippen LogP contribution is 2.20. The van der Waals surface area contributed by atoms with Crippen molar-refractivity contribution in [3.05, 3.63) is 59.7 Å². The van der Waals surface area contributed by atoms with Crippen molar-refractivity contribution >= 4 is 0 Å². The standard InChI is InChI=1S/C16H21N3/c1-3-8-19-16(11-14-6-4-5-9-18-14)15-12-17-10-7-13(15)2/h4-7,9-10,12,16,19H,3,8,11H2,1-2H3. The molecule has 1 atom stereocenters. The Morgan fingerprint density at radius 1 is 1.21 bits per heavy atom. The van der Waals surface area contributed by atoms with Crippen LogP contribution in [-0.4, -0.2) is 16.5 Å². The van der Waals surface area contributed by atoms with Crippen molar-refractivity contribution in [1.82, 2.24) is 15.3 Å². The molecule has 0 bridgehead atoms. The number of nitrogens with one attached hydrogen (secondary N) is 1. The normalized spacial score (nSPS) is 12.3. The Balaban J connectivity index is 2.19. The molecule has 100 valence electrons. The first-order valence-corrected chi connectivity index (χ1v) is 6.85. The van der Waals surface area contributed by atoms with Gasteiger partial charge in [-0.05, 0) is 49.2 Å². The molecule has 3 heteroatoms. The molecule has 0 saturated carbocycles. The van der Waals surface area contributed by atoms with Gasteiger partial charge in [0.05, 0.1) is 0 Å². The van der Waals surface area contributed by atoms with E-state index in [4.69, 9.17) is 0 Å². The van der Waals surface area contributed by atoms with Crippen molar-refractivity contribution in [3.8, 4) is 0 Å². The molecular weight excluding hydrogens is 234 g/mol. The van der Waals surface area contributed by atoms with Crippen molar-refractivity contribution in [2.24, 2.45) is 0 Å². The van der Waals surface area contributed by atoms with Crippen molar-refractivity contribution in [2.75, 3.05) is 6.54 Å². The maximum absolute atomic E-state index is 4.42. The highest BCUT2D eigenvalue weighted by Gasteiger charge is 2.14. The molecule has 0 aliphatic heterocycles. The summed E-state index contributed by atoms with van der Waals surface area (Å²) in [5.74, 6) is 0. The smallest absolute Gasteiger partial charge is 0.0422 e. The molecule has 0 fully saturated rings. The highest BCUT2D eigenvalue weighted by atomic mass is 14.9. The Hall–Kier alpha value is -1.74. The molecule has 0 aliphatic carbocycles. The fourth-order valence-corrected chi connectivity index (χ4v) is 2.18. The summed E-state index contributed by atoms with van der Waals surface area (Å²) in [5.41, 5.74) is 3.65. The lowest BCUT2D eigenvalue weighted by molar-refractivity contribution is 0.521. The largest absolute Gasteiger partial charge is 0.310 e. The van der Waals surface area contributed by atoms with Crippen LogP contribution in [0.4, 0.5) is 0 Å². The van der Waals surface area contributed by atoms with Gasteiger partial charge in [-0.2, -0.15) is 0 Å². The number of rotatable bonds is 6. The van der Waals surface area contributed by atoms with E-state index in [9.17, 15) is 0 Å². The van der Waals surface area contributed by atoms with Crippen LogP contribution in [0.3, 0.4) is 0 Å². The van der Waals surface area contributed by atoms with Gasteiger partial charge < -0.3 is 5.32 Å². The topological polar surface area (TPSA) is 37.8 Å². The molecular formula is C16H21N3. The minimum Gasteiger partial charge on any atom is -0.310 e. The summed E-state index contributed by atoms with van der Waals surface area (Å²) in [4.78, 5) is 8.68. The Morgan fingerprint density at radius 3 is 2.79 bits per heavy atom. The number of nitrogens with zero attached hydrogens (tertiary/aromatic N) is 2. The Morgan fingerprint density at radius 2 is 2.11 bits per heavy atom. The molecule has 0 radical (unpaired) electrons. The van der Waals surface area contributed by atoms with E-state index in [1.165, 1.54) is 11.1 Å². The second-order valence-electron chi connectivity index (χ2n) is 4.76. The predicted molar refractivity (Wildman–Crippen MR) is 77.9 cm³/mol. The first kappa shape index (κ1) is 13.7. The summed E-state index contributed by atoms with van der Waals surface area (Å²) in [6.45, 7) is 5.32. The summed E-state index contributed by atoms with van der Waals surface area (Å²) in [6.07, 6.45) is 7.68. The molecule has 2 aromatic heterocycles. The van der Waals surface area contributed by atoms with Crippen LogP contribution >= 0.6 is 0 Å². The van der Waals surface area contributed by atoms with Gasteiger partial charge in [-0.25, -0.2) is 0 Å². The Kier molecular flexibility index (Phi) is 5.04. The first-order chi connectivity index (χ1) is 9.31. The molecule has 0 aromatic carbocycles. The van der Waals surface area contributed by atoms with E-state index in [0.717, 1.165) is 25.1 Å². The van der Waals surface area contributed by atoms with E-state index in [-0.39, 0.29) is 6.04 Å².